The fourth-order valence-corrected chi connectivity index (χ4v) is 4.78. The van der Waals surface area contributed by atoms with Gasteiger partial charge >= 0.3 is 6.03 Å². The maximum atomic E-state index is 13.6. The summed E-state index contributed by atoms with van der Waals surface area (Å²) in [6, 6.07) is 34.6. The summed E-state index contributed by atoms with van der Waals surface area (Å²) in [6.07, 6.45) is 2.02. The number of hydrogen-bond donors (Lipinski definition) is 2. The van der Waals surface area contributed by atoms with Crippen LogP contribution in [0.4, 0.5) is 16.2 Å². The highest BCUT2D eigenvalue weighted by Crippen LogP contribution is 2.28. The maximum absolute atomic E-state index is 13.6. The van der Waals surface area contributed by atoms with E-state index in [1.807, 2.05) is 132 Å². The number of nitrogens with one attached hydrogen (secondary N) is 2. The molecule has 206 valence electrons. The van der Waals surface area contributed by atoms with Gasteiger partial charge in [-0.15, -0.1) is 0 Å². The molecular formula is C33H32N6O2. The molecule has 0 aromatic heterocycles. The summed E-state index contributed by atoms with van der Waals surface area (Å²) < 4.78 is 5.88. The molecule has 1 saturated heterocycles. The zero-order chi connectivity index (χ0) is 28.4. The lowest BCUT2D eigenvalue weighted by atomic mass is 10.0. The van der Waals surface area contributed by atoms with Crippen LogP contribution in [0.25, 0.3) is 0 Å². The lowest BCUT2D eigenvalue weighted by Gasteiger charge is -2.42. The molecule has 8 nitrogen and oxygen atoms in total. The molecule has 0 saturated carbocycles. The minimum absolute atomic E-state index is 0.193. The SMILES string of the molecule is Cc1ccccc1N=C(NC#N)N1CCN(C(=O)Nc2ccc(OCc3ccccc3)cc2)C(c2ccccc2)C1. The molecule has 0 aliphatic carbocycles. The Morgan fingerprint density at radius 1 is 0.927 bits per heavy atom. The van der Waals surface area contributed by atoms with Crippen molar-refractivity contribution in [2.45, 2.75) is 19.6 Å². The zero-order valence-corrected chi connectivity index (χ0v) is 22.9. The second kappa shape index (κ2) is 13.2. The van der Waals surface area contributed by atoms with Gasteiger partial charge in [-0.3, -0.25) is 5.32 Å². The van der Waals surface area contributed by atoms with Crippen molar-refractivity contribution in [3.05, 3.63) is 126 Å². The third-order valence-electron chi connectivity index (χ3n) is 6.99. The number of carbonyl (C=O) groups is 1. The van der Waals surface area contributed by atoms with E-state index >= 15 is 0 Å². The average molecular weight is 545 g/mol. The number of para-hydroxylation sites is 1. The molecule has 0 bridgehead atoms. The average Bonchev–Trinajstić information content (AvgIpc) is 3.02. The Hall–Kier alpha value is -5.29. The van der Waals surface area contributed by atoms with Crippen molar-refractivity contribution in [3.8, 4) is 11.9 Å². The summed E-state index contributed by atoms with van der Waals surface area (Å²) in [6.45, 7) is 3.90. The molecule has 1 atom stereocenters. The van der Waals surface area contributed by atoms with Gasteiger partial charge < -0.3 is 19.9 Å². The van der Waals surface area contributed by atoms with Gasteiger partial charge in [-0.1, -0.05) is 78.9 Å². The number of nitriles is 1. The Balaban J connectivity index is 1.30. The minimum atomic E-state index is -0.249. The summed E-state index contributed by atoms with van der Waals surface area (Å²) in [5, 5.41) is 15.3. The van der Waals surface area contributed by atoms with Crippen LogP contribution in [0.1, 0.15) is 22.7 Å². The van der Waals surface area contributed by atoms with Gasteiger partial charge in [0.2, 0.25) is 5.96 Å². The number of nitrogens with zero attached hydrogens (tertiary/aromatic N) is 4. The van der Waals surface area contributed by atoms with E-state index < -0.39 is 0 Å². The van der Waals surface area contributed by atoms with Crippen molar-refractivity contribution in [2.75, 3.05) is 25.0 Å². The van der Waals surface area contributed by atoms with Crippen LogP contribution in [0.5, 0.6) is 5.75 Å². The van der Waals surface area contributed by atoms with Crippen LogP contribution >= 0.6 is 0 Å². The van der Waals surface area contributed by atoms with E-state index in [9.17, 15) is 10.1 Å². The first-order valence-electron chi connectivity index (χ1n) is 13.5. The summed E-state index contributed by atoms with van der Waals surface area (Å²) in [7, 11) is 0. The number of hydrogen-bond acceptors (Lipinski definition) is 4. The fourth-order valence-electron chi connectivity index (χ4n) is 4.78. The van der Waals surface area contributed by atoms with E-state index in [2.05, 4.69) is 10.6 Å². The number of anilines is 1. The first-order valence-corrected chi connectivity index (χ1v) is 13.5. The van der Waals surface area contributed by atoms with Gasteiger partial charge in [0.1, 0.15) is 12.4 Å². The normalized spacial score (nSPS) is 15.1. The van der Waals surface area contributed by atoms with Crippen LogP contribution in [0.2, 0.25) is 0 Å². The third-order valence-corrected chi connectivity index (χ3v) is 6.99. The summed E-state index contributed by atoms with van der Waals surface area (Å²) in [4.78, 5) is 22.2. The molecule has 1 aliphatic heterocycles. The lowest BCUT2D eigenvalue weighted by Crippen LogP contribution is -2.55. The predicted molar refractivity (Wildman–Crippen MR) is 161 cm³/mol. The summed E-state index contributed by atoms with van der Waals surface area (Å²) >= 11 is 0. The number of ether oxygens (including phenoxy) is 1. The number of aliphatic imine (C=N–C) groups is 1. The predicted octanol–water partition coefficient (Wildman–Crippen LogP) is 6.22. The number of urea groups is 1. The summed E-state index contributed by atoms with van der Waals surface area (Å²) in [5.74, 6) is 1.20. The Labute approximate surface area is 240 Å². The molecule has 1 heterocycles. The van der Waals surface area contributed by atoms with Crippen LogP contribution in [-0.2, 0) is 6.61 Å². The highest BCUT2D eigenvalue weighted by Gasteiger charge is 2.33. The van der Waals surface area contributed by atoms with E-state index in [0.29, 0.717) is 37.9 Å². The maximum Gasteiger partial charge on any atom is 0.322 e. The smallest absolute Gasteiger partial charge is 0.322 e. The molecule has 0 radical (unpaired) electrons. The number of benzene rings is 4. The van der Waals surface area contributed by atoms with E-state index in [1.54, 1.807) is 0 Å². The number of rotatable bonds is 6. The van der Waals surface area contributed by atoms with Gasteiger partial charge in [0.25, 0.3) is 0 Å². The molecule has 2 amide bonds. The van der Waals surface area contributed by atoms with Crippen molar-refractivity contribution < 1.29 is 9.53 Å². The quantitative estimate of drug-likeness (QED) is 0.130. The lowest BCUT2D eigenvalue weighted by molar-refractivity contribution is 0.135. The van der Waals surface area contributed by atoms with Gasteiger partial charge in [0.15, 0.2) is 6.19 Å². The number of carbonyl (C=O) groups excluding carboxylic acids is 1. The molecule has 5 rings (SSSR count). The van der Waals surface area contributed by atoms with E-state index in [-0.39, 0.29) is 12.1 Å². The Kier molecular flexibility index (Phi) is 8.77. The second-order valence-corrected chi connectivity index (χ2v) is 9.75. The van der Waals surface area contributed by atoms with Crippen LogP contribution < -0.4 is 15.4 Å². The molecule has 0 spiro atoms. The van der Waals surface area contributed by atoms with Crippen LogP contribution in [0.15, 0.2) is 114 Å². The van der Waals surface area contributed by atoms with E-state index in [0.717, 1.165) is 28.1 Å². The molecule has 8 heteroatoms. The monoisotopic (exact) mass is 544 g/mol. The largest absolute Gasteiger partial charge is 0.489 e. The van der Waals surface area contributed by atoms with Crippen molar-refractivity contribution in [1.82, 2.24) is 15.1 Å². The highest BCUT2D eigenvalue weighted by atomic mass is 16.5. The van der Waals surface area contributed by atoms with Crippen molar-refractivity contribution in [1.29, 1.82) is 5.26 Å². The Morgan fingerprint density at radius 3 is 2.32 bits per heavy atom. The Bertz CT molecular complexity index is 1520. The number of aryl methyl sites for hydroxylation is 1. The number of guanidine groups is 1. The van der Waals surface area contributed by atoms with Gasteiger partial charge in [-0.2, -0.15) is 5.26 Å². The van der Waals surface area contributed by atoms with Crippen LogP contribution in [0.3, 0.4) is 0 Å². The molecule has 4 aromatic rings. The van der Waals surface area contributed by atoms with Crippen LogP contribution in [-0.4, -0.2) is 41.4 Å². The molecular weight excluding hydrogens is 512 g/mol. The Morgan fingerprint density at radius 2 is 1.61 bits per heavy atom. The second-order valence-electron chi connectivity index (χ2n) is 9.75. The van der Waals surface area contributed by atoms with Crippen molar-refractivity contribution >= 4 is 23.4 Å². The van der Waals surface area contributed by atoms with Crippen molar-refractivity contribution in [3.63, 3.8) is 0 Å². The zero-order valence-electron chi connectivity index (χ0n) is 22.9. The standard InChI is InChI=1S/C33H32N6O2/c1-25-10-8-9-15-30(25)37-32(35-24-34)38-20-21-39(31(22-38)27-13-6-3-7-14-27)33(40)36-28-16-18-29(19-17-28)41-23-26-11-4-2-5-12-26/h2-19,31H,20-23H2,1H3,(H,35,37)(H,36,40). The fraction of sp³-hybridized carbons (Fsp3) is 0.182. The van der Waals surface area contributed by atoms with Gasteiger partial charge in [-0.05, 0) is 53.9 Å². The first kappa shape index (κ1) is 27.3. The highest BCUT2D eigenvalue weighted by molar-refractivity contribution is 5.90. The molecule has 1 aliphatic rings. The topological polar surface area (TPSA) is 93.0 Å². The van der Waals surface area contributed by atoms with Gasteiger partial charge in [0, 0.05) is 25.3 Å². The van der Waals surface area contributed by atoms with Gasteiger partial charge in [0.05, 0.1) is 11.7 Å². The van der Waals surface area contributed by atoms with E-state index in [4.69, 9.17) is 9.73 Å². The number of piperazine rings is 1. The van der Waals surface area contributed by atoms with Crippen LogP contribution in [0, 0.1) is 18.4 Å². The first-order chi connectivity index (χ1) is 20.1. The third kappa shape index (κ3) is 7.02. The minimum Gasteiger partial charge on any atom is -0.489 e. The molecule has 2 N–H and O–H groups in total. The molecule has 1 unspecified atom stereocenters. The van der Waals surface area contributed by atoms with Gasteiger partial charge in [-0.25, -0.2) is 9.79 Å². The molecule has 1 fully saturated rings. The molecule has 41 heavy (non-hydrogen) atoms. The van der Waals surface area contributed by atoms with Crippen molar-refractivity contribution in [2.24, 2.45) is 4.99 Å². The summed E-state index contributed by atoms with van der Waals surface area (Å²) in [5.41, 5.74) is 4.58. The van der Waals surface area contributed by atoms with E-state index in [1.165, 1.54) is 0 Å². The molecule has 4 aromatic carbocycles. The number of amides is 2.